The molecule has 2 atom stereocenters. The molecule has 18 heavy (non-hydrogen) atoms. The van der Waals surface area contributed by atoms with Gasteiger partial charge >= 0.3 is 6.18 Å². The second-order valence-corrected chi connectivity index (χ2v) is 4.12. The molecular weight excluding hydrogens is 247 g/mol. The molecule has 3 nitrogen and oxygen atoms in total. The molecule has 0 radical (unpaired) electrons. The van der Waals surface area contributed by atoms with Crippen LogP contribution in [0.3, 0.4) is 0 Å². The number of halogens is 3. The summed E-state index contributed by atoms with van der Waals surface area (Å²) in [5, 5.41) is 2.48. The summed E-state index contributed by atoms with van der Waals surface area (Å²) in [6.45, 7) is 0.313. The number of methoxy groups -OCH3 is 1. The Balaban J connectivity index is 1.92. The zero-order valence-electron chi connectivity index (χ0n) is 9.83. The van der Waals surface area contributed by atoms with Crippen molar-refractivity contribution in [1.29, 1.82) is 0 Å². The lowest BCUT2D eigenvalue weighted by molar-refractivity contribution is -0.160. The average Bonchev–Trinajstić information content (AvgIpc) is 3.13. The molecule has 6 heteroatoms. The van der Waals surface area contributed by atoms with Gasteiger partial charge < -0.3 is 9.47 Å². The van der Waals surface area contributed by atoms with Gasteiger partial charge in [0.25, 0.3) is 0 Å². The van der Waals surface area contributed by atoms with Gasteiger partial charge in [0.1, 0.15) is 17.9 Å². The molecule has 2 rings (SSSR count). The second kappa shape index (κ2) is 5.16. The van der Waals surface area contributed by atoms with Gasteiger partial charge in [-0.25, -0.2) is 0 Å². The summed E-state index contributed by atoms with van der Waals surface area (Å²) in [6, 6.07) is 5.29. The van der Waals surface area contributed by atoms with E-state index in [9.17, 15) is 13.2 Å². The average molecular weight is 261 g/mol. The van der Waals surface area contributed by atoms with Crippen LogP contribution in [0.25, 0.3) is 0 Å². The number of hydrogen-bond donors (Lipinski definition) is 1. The summed E-state index contributed by atoms with van der Waals surface area (Å²) >= 11 is 0. The first kappa shape index (κ1) is 13.2. The van der Waals surface area contributed by atoms with Crippen LogP contribution in [0.1, 0.15) is 5.56 Å². The van der Waals surface area contributed by atoms with Gasteiger partial charge in [-0.05, 0) is 17.7 Å². The highest BCUT2D eigenvalue weighted by Gasteiger charge is 2.49. The van der Waals surface area contributed by atoms with Gasteiger partial charge in [-0.3, -0.25) is 5.32 Å². The van der Waals surface area contributed by atoms with Crippen molar-refractivity contribution < 1.29 is 22.6 Å². The standard InChI is InChI=1S/C12H14F3NO2/c1-17-9-4-2-8(3-5-9)6-16-11(10-7-18-10)12(13,14)15/h2-5,10-11,16H,6-7H2,1H3. The van der Waals surface area contributed by atoms with Crippen LogP contribution in [0.4, 0.5) is 13.2 Å². The van der Waals surface area contributed by atoms with E-state index in [1.807, 2.05) is 0 Å². The Kier molecular flexibility index (Phi) is 3.77. The predicted molar refractivity (Wildman–Crippen MR) is 59.4 cm³/mol. The molecule has 1 N–H and O–H groups in total. The highest BCUT2D eigenvalue weighted by molar-refractivity contribution is 5.27. The number of epoxide rings is 1. The van der Waals surface area contributed by atoms with E-state index in [1.165, 1.54) is 7.11 Å². The van der Waals surface area contributed by atoms with Gasteiger partial charge in [0.05, 0.1) is 13.7 Å². The molecule has 0 bridgehead atoms. The molecule has 2 unspecified atom stereocenters. The van der Waals surface area contributed by atoms with Crippen LogP contribution in [-0.2, 0) is 11.3 Å². The lowest BCUT2D eigenvalue weighted by Crippen LogP contribution is -2.46. The first-order valence-electron chi connectivity index (χ1n) is 5.55. The zero-order chi connectivity index (χ0) is 13.2. The smallest absolute Gasteiger partial charge is 0.406 e. The Morgan fingerprint density at radius 1 is 1.39 bits per heavy atom. The van der Waals surface area contributed by atoms with E-state index < -0.39 is 18.3 Å². The highest BCUT2D eigenvalue weighted by Crippen LogP contribution is 2.29. The lowest BCUT2D eigenvalue weighted by Gasteiger charge is -2.19. The minimum atomic E-state index is -4.28. The number of alkyl halides is 3. The van der Waals surface area contributed by atoms with E-state index in [-0.39, 0.29) is 13.2 Å². The summed E-state index contributed by atoms with van der Waals surface area (Å²) in [6.07, 6.45) is -5.03. The summed E-state index contributed by atoms with van der Waals surface area (Å²) < 4.78 is 47.7. The Bertz CT molecular complexity index is 387. The Morgan fingerprint density at radius 2 is 2.00 bits per heavy atom. The van der Waals surface area contributed by atoms with Crippen LogP contribution < -0.4 is 10.1 Å². The van der Waals surface area contributed by atoms with Crippen LogP contribution in [0.5, 0.6) is 5.75 Å². The molecule has 0 spiro atoms. The van der Waals surface area contributed by atoms with Crippen molar-refractivity contribution in [2.75, 3.05) is 13.7 Å². The normalized spacial score (nSPS) is 20.6. The van der Waals surface area contributed by atoms with E-state index in [0.717, 1.165) is 5.56 Å². The summed E-state index contributed by atoms with van der Waals surface area (Å²) in [4.78, 5) is 0. The van der Waals surface area contributed by atoms with Gasteiger partial charge in [-0.2, -0.15) is 13.2 Å². The number of rotatable bonds is 5. The summed E-state index contributed by atoms with van der Waals surface area (Å²) in [5.74, 6) is 0.677. The van der Waals surface area contributed by atoms with Crippen molar-refractivity contribution in [3.63, 3.8) is 0 Å². The molecule has 0 aromatic heterocycles. The minimum Gasteiger partial charge on any atom is -0.497 e. The molecule has 1 aliphatic rings. The van der Waals surface area contributed by atoms with Crippen LogP contribution in [0.2, 0.25) is 0 Å². The van der Waals surface area contributed by atoms with Crippen molar-refractivity contribution in [1.82, 2.24) is 5.32 Å². The largest absolute Gasteiger partial charge is 0.497 e. The molecule has 1 aliphatic heterocycles. The minimum absolute atomic E-state index is 0.147. The number of nitrogens with one attached hydrogen (secondary N) is 1. The maximum Gasteiger partial charge on any atom is 0.406 e. The monoisotopic (exact) mass is 261 g/mol. The van der Waals surface area contributed by atoms with Gasteiger partial charge in [0.2, 0.25) is 0 Å². The summed E-state index contributed by atoms with van der Waals surface area (Å²) in [5.41, 5.74) is 0.769. The Labute approximate surface area is 103 Å². The fraction of sp³-hybridized carbons (Fsp3) is 0.500. The maximum atomic E-state index is 12.7. The first-order chi connectivity index (χ1) is 8.50. The van der Waals surface area contributed by atoms with Crippen molar-refractivity contribution in [3.05, 3.63) is 29.8 Å². The number of ether oxygens (including phenoxy) is 2. The van der Waals surface area contributed by atoms with Crippen molar-refractivity contribution in [2.45, 2.75) is 24.9 Å². The molecule has 0 saturated carbocycles. The van der Waals surface area contributed by atoms with E-state index in [2.05, 4.69) is 5.32 Å². The van der Waals surface area contributed by atoms with Gasteiger partial charge in [-0.1, -0.05) is 12.1 Å². The highest BCUT2D eigenvalue weighted by atomic mass is 19.4. The predicted octanol–water partition coefficient (Wildman–Crippen LogP) is 2.11. The summed E-state index contributed by atoms with van der Waals surface area (Å²) in [7, 11) is 1.54. The molecule has 1 fully saturated rings. The fourth-order valence-electron chi connectivity index (χ4n) is 1.68. The maximum absolute atomic E-state index is 12.7. The van der Waals surface area contributed by atoms with Crippen molar-refractivity contribution in [2.24, 2.45) is 0 Å². The molecule has 0 aliphatic carbocycles. The second-order valence-electron chi connectivity index (χ2n) is 4.12. The topological polar surface area (TPSA) is 33.8 Å². The van der Waals surface area contributed by atoms with E-state index in [1.54, 1.807) is 24.3 Å². The third-order valence-electron chi connectivity index (χ3n) is 2.77. The molecule has 1 aromatic rings. The lowest BCUT2D eigenvalue weighted by atomic mass is 10.1. The van der Waals surface area contributed by atoms with E-state index in [0.29, 0.717) is 5.75 Å². The molecule has 1 heterocycles. The van der Waals surface area contributed by atoms with Crippen LogP contribution in [-0.4, -0.2) is 32.0 Å². The molecule has 0 amide bonds. The van der Waals surface area contributed by atoms with E-state index in [4.69, 9.17) is 9.47 Å². The molecular formula is C12H14F3NO2. The third-order valence-corrected chi connectivity index (χ3v) is 2.77. The number of hydrogen-bond acceptors (Lipinski definition) is 3. The van der Waals surface area contributed by atoms with Crippen molar-refractivity contribution >= 4 is 0 Å². The van der Waals surface area contributed by atoms with Gasteiger partial charge in [0, 0.05) is 6.54 Å². The van der Waals surface area contributed by atoms with Crippen LogP contribution in [0, 0.1) is 0 Å². The van der Waals surface area contributed by atoms with Gasteiger partial charge in [0.15, 0.2) is 0 Å². The Hall–Kier alpha value is -1.27. The Morgan fingerprint density at radius 3 is 2.44 bits per heavy atom. The molecule has 1 aromatic carbocycles. The third kappa shape index (κ3) is 3.36. The number of benzene rings is 1. The SMILES string of the molecule is COc1ccc(CNC(C2CO2)C(F)(F)F)cc1. The fourth-order valence-corrected chi connectivity index (χ4v) is 1.68. The van der Waals surface area contributed by atoms with Gasteiger partial charge in [-0.15, -0.1) is 0 Å². The molecule has 1 saturated heterocycles. The first-order valence-corrected chi connectivity index (χ1v) is 5.55. The zero-order valence-corrected chi connectivity index (χ0v) is 9.83. The van der Waals surface area contributed by atoms with Crippen LogP contribution in [0.15, 0.2) is 24.3 Å². The van der Waals surface area contributed by atoms with Crippen LogP contribution >= 0.6 is 0 Å². The van der Waals surface area contributed by atoms with E-state index >= 15 is 0 Å². The molecule has 100 valence electrons. The van der Waals surface area contributed by atoms with Crippen molar-refractivity contribution in [3.8, 4) is 5.75 Å². The quantitative estimate of drug-likeness (QED) is 0.824.